The molecule has 1 aliphatic heterocycles. The lowest BCUT2D eigenvalue weighted by Gasteiger charge is -2.27. The van der Waals surface area contributed by atoms with Crippen molar-refractivity contribution in [1.82, 2.24) is 29.8 Å². The number of nitrogen functional groups attached to an aromatic ring is 1. The summed E-state index contributed by atoms with van der Waals surface area (Å²) in [5.41, 5.74) is 5.73. The van der Waals surface area contributed by atoms with Gasteiger partial charge in [-0.1, -0.05) is 0 Å². The number of nitrogens with zero attached hydrogens (tertiary/aromatic N) is 6. The minimum Gasteiger partial charge on any atom is -0.368 e. The minimum absolute atomic E-state index is 0.224. The zero-order valence-electron chi connectivity index (χ0n) is 9.82. The number of anilines is 2. The van der Waals surface area contributed by atoms with Gasteiger partial charge in [-0.2, -0.15) is 15.0 Å². The molecular weight excluding hydrogens is 232 g/mol. The van der Waals surface area contributed by atoms with Gasteiger partial charge < -0.3 is 16.0 Å². The van der Waals surface area contributed by atoms with Crippen molar-refractivity contribution in [3.63, 3.8) is 0 Å². The largest absolute Gasteiger partial charge is 0.368 e. The van der Waals surface area contributed by atoms with Gasteiger partial charge in [0.25, 0.3) is 0 Å². The van der Waals surface area contributed by atoms with E-state index in [0.717, 1.165) is 26.2 Å². The SMILES string of the molecule is Nc1nc(N2CCNCC2)nc(-n2ccnc2)n1. The van der Waals surface area contributed by atoms with Crippen molar-refractivity contribution in [3.05, 3.63) is 18.7 Å². The van der Waals surface area contributed by atoms with Crippen LogP contribution in [0.3, 0.4) is 0 Å². The summed E-state index contributed by atoms with van der Waals surface area (Å²) in [4.78, 5) is 18.8. The van der Waals surface area contributed by atoms with E-state index in [1.165, 1.54) is 0 Å². The molecule has 3 rings (SSSR count). The van der Waals surface area contributed by atoms with E-state index in [-0.39, 0.29) is 5.95 Å². The van der Waals surface area contributed by atoms with E-state index in [0.29, 0.717) is 11.9 Å². The van der Waals surface area contributed by atoms with Gasteiger partial charge in [0.2, 0.25) is 17.8 Å². The van der Waals surface area contributed by atoms with Gasteiger partial charge in [0, 0.05) is 38.6 Å². The summed E-state index contributed by atoms with van der Waals surface area (Å²) in [5, 5.41) is 3.28. The first-order valence-electron chi connectivity index (χ1n) is 5.78. The number of piperazine rings is 1. The van der Waals surface area contributed by atoms with Crippen molar-refractivity contribution in [3.8, 4) is 5.95 Å². The van der Waals surface area contributed by atoms with Crippen LogP contribution in [0.25, 0.3) is 5.95 Å². The highest BCUT2D eigenvalue weighted by Gasteiger charge is 2.15. The van der Waals surface area contributed by atoms with Gasteiger partial charge >= 0.3 is 0 Å². The maximum absolute atomic E-state index is 5.73. The lowest BCUT2D eigenvalue weighted by Crippen LogP contribution is -2.44. The molecule has 3 heterocycles. The molecule has 0 unspecified atom stereocenters. The number of nitrogens with one attached hydrogen (secondary N) is 1. The fourth-order valence-electron chi connectivity index (χ4n) is 1.87. The van der Waals surface area contributed by atoms with E-state index in [4.69, 9.17) is 5.73 Å². The monoisotopic (exact) mass is 246 g/mol. The van der Waals surface area contributed by atoms with Crippen LogP contribution in [0.5, 0.6) is 0 Å². The molecule has 0 aromatic carbocycles. The molecule has 0 atom stereocenters. The zero-order chi connectivity index (χ0) is 12.4. The second-order valence-corrected chi connectivity index (χ2v) is 4.00. The third-order valence-electron chi connectivity index (χ3n) is 2.76. The van der Waals surface area contributed by atoms with Crippen LogP contribution in [0.4, 0.5) is 11.9 Å². The molecule has 0 spiro atoms. The van der Waals surface area contributed by atoms with Crippen LogP contribution >= 0.6 is 0 Å². The Morgan fingerprint density at radius 3 is 2.61 bits per heavy atom. The smallest absolute Gasteiger partial charge is 0.241 e. The molecule has 0 bridgehead atoms. The van der Waals surface area contributed by atoms with Crippen LogP contribution in [-0.4, -0.2) is 50.7 Å². The average molecular weight is 246 g/mol. The third kappa shape index (κ3) is 2.09. The Kier molecular flexibility index (Phi) is 2.77. The standard InChI is InChI=1S/C10H14N8/c11-8-14-9(17-4-1-12-2-5-17)16-10(15-8)18-6-3-13-7-18/h3,6-7,12H,1-2,4-5H2,(H2,11,14,15,16). The summed E-state index contributed by atoms with van der Waals surface area (Å²) >= 11 is 0. The van der Waals surface area contributed by atoms with Crippen molar-refractivity contribution in [1.29, 1.82) is 0 Å². The van der Waals surface area contributed by atoms with Gasteiger partial charge in [0.15, 0.2) is 0 Å². The molecule has 1 aliphatic rings. The average Bonchev–Trinajstić information content (AvgIpc) is 2.93. The molecule has 0 amide bonds. The summed E-state index contributed by atoms with van der Waals surface area (Å²) in [5.74, 6) is 1.34. The number of hydrogen-bond acceptors (Lipinski definition) is 7. The molecule has 0 saturated carbocycles. The molecule has 1 fully saturated rings. The van der Waals surface area contributed by atoms with Gasteiger partial charge in [0.1, 0.15) is 6.33 Å². The number of aromatic nitrogens is 5. The normalized spacial score (nSPS) is 15.9. The van der Waals surface area contributed by atoms with Crippen molar-refractivity contribution < 1.29 is 0 Å². The van der Waals surface area contributed by atoms with E-state index in [2.05, 4.69) is 30.2 Å². The van der Waals surface area contributed by atoms with Crippen LogP contribution in [0.15, 0.2) is 18.7 Å². The number of nitrogens with two attached hydrogens (primary N) is 1. The van der Waals surface area contributed by atoms with E-state index in [9.17, 15) is 0 Å². The molecule has 0 radical (unpaired) electrons. The van der Waals surface area contributed by atoms with Crippen LogP contribution in [-0.2, 0) is 0 Å². The zero-order valence-corrected chi connectivity index (χ0v) is 9.82. The first-order valence-corrected chi connectivity index (χ1v) is 5.78. The van der Waals surface area contributed by atoms with Crippen molar-refractivity contribution in [2.45, 2.75) is 0 Å². The van der Waals surface area contributed by atoms with Crippen molar-refractivity contribution >= 4 is 11.9 Å². The highest BCUT2D eigenvalue weighted by Crippen LogP contribution is 2.12. The van der Waals surface area contributed by atoms with Gasteiger partial charge in [-0.15, -0.1) is 0 Å². The van der Waals surface area contributed by atoms with E-state index >= 15 is 0 Å². The maximum atomic E-state index is 5.73. The van der Waals surface area contributed by atoms with Gasteiger partial charge in [-0.3, -0.25) is 4.57 Å². The van der Waals surface area contributed by atoms with Gasteiger partial charge in [-0.25, -0.2) is 4.98 Å². The topological polar surface area (TPSA) is 97.8 Å². The predicted octanol–water partition coefficient (Wildman–Crippen LogP) is -0.951. The first-order chi connectivity index (χ1) is 8.83. The highest BCUT2D eigenvalue weighted by molar-refractivity contribution is 5.38. The molecule has 18 heavy (non-hydrogen) atoms. The maximum Gasteiger partial charge on any atom is 0.241 e. The van der Waals surface area contributed by atoms with Gasteiger partial charge in [-0.05, 0) is 0 Å². The summed E-state index contributed by atoms with van der Waals surface area (Å²) in [6, 6.07) is 0. The van der Waals surface area contributed by atoms with E-state index in [1.807, 2.05) is 0 Å². The second kappa shape index (κ2) is 4.57. The first kappa shape index (κ1) is 10.9. The Morgan fingerprint density at radius 1 is 1.11 bits per heavy atom. The quantitative estimate of drug-likeness (QED) is 0.705. The fourth-order valence-corrected chi connectivity index (χ4v) is 1.87. The summed E-state index contributed by atoms with van der Waals surface area (Å²) in [7, 11) is 0. The minimum atomic E-state index is 0.224. The molecule has 2 aromatic rings. The Labute approximate surface area is 104 Å². The number of rotatable bonds is 2. The molecular formula is C10H14N8. The molecule has 8 nitrogen and oxygen atoms in total. The van der Waals surface area contributed by atoms with Crippen LogP contribution in [0.2, 0.25) is 0 Å². The molecule has 94 valence electrons. The highest BCUT2D eigenvalue weighted by atomic mass is 15.3. The van der Waals surface area contributed by atoms with Crippen molar-refractivity contribution in [2.75, 3.05) is 36.8 Å². The van der Waals surface area contributed by atoms with Crippen molar-refractivity contribution in [2.24, 2.45) is 0 Å². The Balaban J connectivity index is 1.95. The Hall–Kier alpha value is -2.22. The van der Waals surface area contributed by atoms with E-state index in [1.54, 1.807) is 23.3 Å². The fraction of sp³-hybridized carbons (Fsp3) is 0.400. The molecule has 2 aromatic heterocycles. The number of imidazole rings is 1. The van der Waals surface area contributed by atoms with E-state index < -0.39 is 0 Å². The Bertz CT molecular complexity index is 517. The molecule has 8 heteroatoms. The summed E-state index contributed by atoms with van der Waals surface area (Å²) in [6.45, 7) is 3.58. The van der Waals surface area contributed by atoms with Crippen LogP contribution in [0.1, 0.15) is 0 Å². The second-order valence-electron chi connectivity index (χ2n) is 4.00. The Morgan fingerprint density at radius 2 is 1.89 bits per heavy atom. The molecule has 3 N–H and O–H groups in total. The molecule has 1 saturated heterocycles. The van der Waals surface area contributed by atoms with Crippen LogP contribution < -0.4 is 16.0 Å². The summed E-state index contributed by atoms with van der Waals surface area (Å²) < 4.78 is 1.71. The molecule has 0 aliphatic carbocycles. The van der Waals surface area contributed by atoms with Crippen LogP contribution in [0, 0.1) is 0 Å². The van der Waals surface area contributed by atoms with Gasteiger partial charge in [0.05, 0.1) is 0 Å². The summed E-state index contributed by atoms with van der Waals surface area (Å²) in [6.07, 6.45) is 5.08. The lowest BCUT2D eigenvalue weighted by molar-refractivity contribution is 0.578. The lowest BCUT2D eigenvalue weighted by atomic mass is 10.4. The number of hydrogen-bond donors (Lipinski definition) is 2. The predicted molar refractivity (Wildman–Crippen MR) is 66.4 cm³/mol. The third-order valence-corrected chi connectivity index (χ3v) is 2.76.